The maximum atomic E-state index is 10.8. The standard InChI is InChI=1S/C11H9BrO5/c12-8-3-6(4-13)10-11(17-5-16-10)7(8)1-2-9(14)15/h3-4H,1-2,5H2,(H,14,15). The molecule has 0 bridgehead atoms. The maximum Gasteiger partial charge on any atom is 0.303 e. The van der Waals surface area contributed by atoms with Crippen LogP contribution in [0.3, 0.4) is 0 Å². The minimum atomic E-state index is -0.885. The van der Waals surface area contributed by atoms with Gasteiger partial charge in [-0.15, -0.1) is 0 Å². The molecule has 1 aromatic rings. The van der Waals surface area contributed by atoms with Crippen molar-refractivity contribution in [3.8, 4) is 11.5 Å². The van der Waals surface area contributed by atoms with E-state index in [-0.39, 0.29) is 13.2 Å². The molecular formula is C11H9BrO5. The highest BCUT2D eigenvalue weighted by Crippen LogP contribution is 2.42. The molecule has 6 heteroatoms. The van der Waals surface area contributed by atoms with Gasteiger partial charge in [-0.3, -0.25) is 9.59 Å². The summed E-state index contributed by atoms with van der Waals surface area (Å²) < 4.78 is 11.1. The molecule has 5 nitrogen and oxygen atoms in total. The Morgan fingerprint density at radius 2 is 2.18 bits per heavy atom. The van der Waals surface area contributed by atoms with Crippen LogP contribution in [0.5, 0.6) is 11.5 Å². The fourth-order valence-corrected chi connectivity index (χ4v) is 2.29. The summed E-state index contributed by atoms with van der Waals surface area (Å²) >= 11 is 3.30. The van der Waals surface area contributed by atoms with Gasteiger partial charge < -0.3 is 14.6 Å². The van der Waals surface area contributed by atoms with E-state index in [1.807, 2.05) is 0 Å². The molecule has 0 saturated heterocycles. The van der Waals surface area contributed by atoms with Crippen LogP contribution in [0, 0.1) is 0 Å². The number of fused-ring (bicyclic) bond motifs is 1. The van der Waals surface area contributed by atoms with Crippen molar-refractivity contribution >= 4 is 28.2 Å². The van der Waals surface area contributed by atoms with Gasteiger partial charge in [0.2, 0.25) is 6.79 Å². The van der Waals surface area contributed by atoms with Crippen molar-refractivity contribution < 1.29 is 24.2 Å². The molecule has 0 unspecified atom stereocenters. The summed E-state index contributed by atoms with van der Waals surface area (Å²) in [6.07, 6.45) is 0.995. The predicted molar refractivity (Wildman–Crippen MR) is 61.6 cm³/mol. The lowest BCUT2D eigenvalue weighted by Crippen LogP contribution is -2.00. The highest BCUT2D eigenvalue weighted by Gasteiger charge is 2.24. The number of benzene rings is 1. The molecule has 0 saturated carbocycles. The third-order valence-corrected chi connectivity index (χ3v) is 3.14. The van der Waals surface area contributed by atoms with Crippen molar-refractivity contribution in [3.63, 3.8) is 0 Å². The lowest BCUT2D eigenvalue weighted by atomic mass is 10.0. The fraction of sp³-hybridized carbons (Fsp3) is 0.273. The van der Waals surface area contributed by atoms with Gasteiger partial charge in [0, 0.05) is 16.5 Å². The third-order valence-electron chi connectivity index (χ3n) is 2.44. The summed E-state index contributed by atoms with van der Waals surface area (Å²) in [6.45, 7) is 0.0483. The van der Waals surface area contributed by atoms with E-state index in [9.17, 15) is 9.59 Å². The molecular weight excluding hydrogens is 292 g/mol. The van der Waals surface area contributed by atoms with Crippen LogP contribution in [0.1, 0.15) is 22.3 Å². The zero-order valence-electron chi connectivity index (χ0n) is 8.73. The number of carboxylic acid groups (broad SMARTS) is 1. The zero-order chi connectivity index (χ0) is 12.4. The maximum absolute atomic E-state index is 10.8. The Morgan fingerprint density at radius 3 is 2.82 bits per heavy atom. The molecule has 0 spiro atoms. The fourth-order valence-electron chi connectivity index (χ4n) is 1.67. The second-order valence-corrected chi connectivity index (χ2v) is 4.36. The van der Waals surface area contributed by atoms with E-state index in [4.69, 9.17) is 14.6 Å². The Hall–Kier alpha value is -1.56. The van der Waals surface area contributed by atoms with E-state index in [1.54, 1.807) is 6.07 Å². The molecule has 1 heterocycles. The number of carbonyl (C=O) groups is 2. The Balaban J connectivity index is 2.42. The Morgan fingerprint density at radius 1 is 1.47 bits per heavy atom. The second-order valence-electron chi connectivity index (χ2n) is 3.50. The summed E-state index contributed by atoms with van der Waals surface area (Å²) in [5.74, 6) is -0.0321. The number of aliphatic carboxylic acids is 1. The van der Waals surface area contributed by atoms with E-state index in [2.05, 4.69) is 15.9 Å². The van der Waals surface area contributed by atoms with Crippen LogP contribution in [0.25, 0.3) is 0 Å². The first-order valence-electron chi connectivity index (χ1n) is 4.91. The molecule has 0 aromatic heterocycles. The molecule has 1 aliphatic rings. The molecule has 0 fully saturated rings. The molecule has 0 aliphatic carbocycles. The predicted octanol–water partition coefficient (Wildman–Crippen LogP) is 2.01. The van der Waals surface area contributed by atoms with Crippen LogP contribution in [-0.4, -0.2) is 24.2 Å². The first kappa shape index (κ1) is 11.9. The zero-order valence-corrected chi connectivity index (χ0v) is 10.3. The van der Waals surface area contributed by atoms with Crippen molar-refractivity contribution in [2.45, 2.75) is 12.8 Å². The Labute approximate surface area is 105 Å². The summed E-state index contributed by atoms with van der Waals surface area (Å²) in [7, 11) is 0. The van der Waals surface area contributed by atoms with E-state index in [1.165, 1.54) is 0 Å². The minimum Gasteiger partial charge on any atom is -0.481 e. The molecule has 17 heavy (non-hydrogen) atoms. The van der Waals surface area contributed by atoms with Crippen LogP contribution in [0.15, 0.2) is 10.5 Å². The first-order chi connectivity index (χ1) is 8.13. The minimum absolute atomic E-state index is 0.00512. The molecule has 1 aliphatic heterocycles. The summed E-state index contributed by atoms with van der Waals surface area (Å²) in [6, 6.07) is 1.61. The van der Waals surface area contributed by atoms with E-state index < -0.39 is 5.97 Å². The Bertz CT molecular complexity index is 483. The highest BCUT2D eigenvalue weighted by atomic mass is 79.9. The number of carboxylic acids is 1. The van der Waals surface area contributed by atoms with Crippen molar-refractivity contribution in [1.82, 2.24) is 0 Å². The van der Waals surface area contributed by atoms with Crippen LogP contribution < -0.4 is 9.47 Å². The SMILES string of the molecule is O=Cc1cc(Br)c(CCC(=O)O)c2c1OCO2. The molecule has 0 radical (unpaired) electrons. The van der Waals surface area contributed by atoms with Gasteiger partial charge in [-0.25, -0.2) is 0 Å². The average Bonchev–Trinajstić information content (AvgIpc) is 2.75. The third kappa shape index (κ3) is 2.26. The second kappa shape index (κ2) is 4.75. The molecule has 1 aromatic carbocycles. The molecule has 1 N–H and O–H groups in total. The number of carbonyl (C=O) groups excluding carboxylic acids is 1. The number of hydrogen-bond donors (Lipinski definition) is 1. The van der Waals surface area contributed by atoms with Crippen molar-refractivity contribution in [2.24, 2.45) is 0 Å². The number of hydrogen-bond acceptors (Lipinski definition) is 4. The largest absolute Gasteiger partial charge is 0.481 e. The average molecular weight is 301 g/mol. The Kier molecular flexibility index (Phi) is 3.33. The van der Waals surface area contributed by atoms with Crippen molar-refractivity contribution in [3.05, 3.63) is 21.7 Å². The van der Waals surface area contributed by atoms with Gasteiger partial charge in [0.25, 0.3) is 0 Å². The van der Waals surface area contributed by atoms with Gasteiger partial charge in [0.15, 0.2) is 17.8 Å². The van der Waals surface area contributed by atoms with E-state index >= 15 is 0 Å². The number of ether oxygens (including phenoxy) is 2. The lowest BCUT2D eigenvalue weighted by Gasteiger charge is -2.08. The smallest absolute Gasteiger partial charge is 0.303 e. The summed E-state index contributed by atoms with van der Waals surface area (Å²) in [4.78, 5) is 21.4. The van der Waals surface area contributed by atoms with Gasteiger partial charge in [-0.2, -0.15) is 0 Å². The normalized spacial score (nSPS) is 12.5. The van der Waals surface area contributed by atoms with Crippen molar-refractivity contribution in [1.29, 1.82) is 0 Å². The van der Waals surface area contributed by atoms with Gasteiger partial charge in [0.1, 0.15) is 0 Å². The van der Waals surface area contributed by atoms with Gasteiger partial charge in [0.05, 0.1) is 5.56 Å². The molecule has 90 valence electrons. The van der Waals surface area contributed by atoms with E-state index in [0.29, 0.717) is 39.8 Å². The topological polar surface area (TPSA) is 72.8 Å². The lowest BCUT2D eigenvalue weighted by molar-refractivity contribution is -0.136. The number of halogens is 1. The monoisotopic (exact) mass is 300 g/mol. The van der Waals surface area contributed by atoms with Crippen LogP contribution in [0.4, 0.5) is 0 Å². The van der Waals surface area contributed by atoms with Crippen molar-refractivity contribution in [2.75, 3.05) is 6.79 Å². The first-order valence-corrected chi connectivity index (χ1v) is 5.70. The van der Waals surface area contributed by atoms with Gasteiger partial charge in [-0.05, 0) is 12.5 Å². The molecule has 0 atom stereocenters. The van der Waals surface area contributed by atoms with Crippen LogP contribution in [0.2, 0.25) is 0 Å². The van der Waals surface area contributed by atoms with Gasteiger partial charge in [-0.1, -0.05) is 15.9 Å². The number of rotatable bonds is 4. The molecule has 0 amide bonds. The van der Waals surface area contributed by atoms with Gasteiger partial charge >= 0.3 is 5.97 Å². The van der Waals surface area contributed by atoms with Crippen LogP contribution >= 0.6 is 15.9 Å². The van der Waals surface area contributed by atoms with Crippen LogP contribution in [-0.2, 0) is 11.2 Å². The summed E-state index contributed by atoms with van der Waals surface area (Å²) in [5, 5.41) is 8.67. The highest BCUT2D eigenvalue weighted by molar-refractivity contribution is 9.10. The number of aldehydes is 1. The molecule has 2 rings (SSSR count). The van der Waals surface area contributed by atoms with E-state index in [0.717, 1.165) is 0 Å². The summed E-state index contributed by atoms with van der Waals surface area (Å²) in [5.41, 5.74) is 1.11. The quantitative estimate of drug-likeness (QED) is 0.861.